The van der Waals surface area contributed by atoms with E-state index in [1.54, 1.807) is 11.1 Å². The van der Waals surface area contributed by atoms with E-state index >= 15 is 0 Å². The summed E-state index contributed by atoms with van der Waals surface area (Å²) in [5.74, 6) is 1.84. The minimum Gasteiger partial charge on any atom is -0.341 e. The minimum absolute atomic E-state index is 0.0460. The van der Waals surface area contributed by atoms with Crippen LogP contribution in [0.25, 0.3) is 5.69 Å². The Morgan fingerprint density at radius 2 is 2.07 bits per heavy atom. The molecule has 8 heteroatoms. The fourth-order valence-electron chi connectivity index (χ4n) is 3.47. The summed E-state index contributed by atoms with van der Waals surface area (Å²) in [5.41, 5.74) is 1.99. The number of aromatic nitrogens is 5. The van der Waals surface area contributed by atoms with Crippen LogP contribution in [0.3, 0.4) is 0 Å². The lowest BCUT2D eigenvalue weighted by Gasteiger charge is -2.15. The highest BCUT2D eigenvalue weighted by Crippen LogP contribution is 2.32. The van der Waals surface area contributed by atoms with Crippen molar-refractivity contribution in [1.82, 2.24) is 29.9 Å². The summed E-state index contributed by atoms with van der Waals surface area (Å²) in [7, 11) is 1.81. The quantitative estimate of drug-likeness (QED) is 0.619. The Hall–Kier alpha value is -2.61. The van der Waals surface area contributed by atoms with Gasteiger partial charge in [-0.2, -0.15) is 5.10 Å². The van der Waals surface area contributed by atoms with Gasteiger partial charge in [0.15, 0.2) is 0 Å². The third-order valence-electron chi connectivity index (χ3n) is 5.05. The molecule has 1 fully saturated rings. The number of thioether (sulfide) groups is 1. The molecule has 1 amide bonds. The van der Waals surface area contributed by atoms with Crippen LogP contribution in [0.15, 0.2) is 47.9 Å². The summed E-state index contributed by atoms with van der Waals surface area (Å²) in [6.07, 6.45) is 8.63. The van der Waals surface area contributed by atoms with E-state index in [-0.39, 0.29) is 5.91 Å². The van der Waals surface area contributed by atoms with Gasteiger partial charge in [0.05, 0.1) is 17.6 Å². The Bertz CT molecular complexity index is 916. The number of nitrogens with zero attached hydrogens (tertiary/aromatic N) is 5. The van der Waals surface area contributed by atoms with Crippen LogP contribution in [-0.2, 0) is 11.3 Å². The summed E-state index contributed by atoms with van der Waals surface area (Å²) < 4.78 is 1.82. The molecule has 3 aromatic rings. The molecule has 2 heterocycles. The molecule has 1 aromatic carbocycles. The lowest BCUT2D eigenvalue weighted by Crippen LogP contribution is -2.27. The number of para-hydroxylation sites is 1. The molecule has 1 aliphatic carbocycles. The van der Waals surface area contributed by atoms with Crippen LogP contribution in [-0.4, -0.2) is 48.6 Å². The molecule has 4 rings (SSSR count). The molecule has 1 saturated carbocycles. The zero-order chi connectivity index (χ0) is 19.3. The normalized spacial score (nSPS) is 14.5. The Balaban J connectivity index is 1.28. The van der Waals surface area contributed by atoms with Gasteiger partial charge in [-0.05, 0) is 25.0 Å². The smallest absolute Gasteiger partial charge is 0.233 e. The first kappa shape index (κ1) is 18.7. The molecule has 28 heavy (non-hydrogen) atoms. The van der Waals surface area contributed by atoms with Crippen LogP contribution in [0.5, 0.6) is 0 Å². The zero-order valence-corrected chi connectivity index (χ0v) is 16.7. The molecule has 0 bridgehead atoms. The van der Waals surface area contributed by atoms with Crippen LogP contribution >= 0.6 is 11.8 Å². The Morgan fingerprint density at radius 1 is 1.29 bits per heavy atom. The first-order chi connectivity index (χ1) is 13.7. The number of carbonyl (C=O) groups excluding carboxylic acids is 1. The fourth-order valence-corrected chi connectivity index (χ4v) is 4.21. The van der Waals surface area contributed by atoms with E-state index in [2.05, 4.69) is 20.3 Å². The maximum absolute atomic E-state index is 12.5. The van der Waals surface area contributed by atoms with Crippen molar-refractivity contribution in [3.63, 3.8) is 0 Å². The zero-order valence-electron chi connectivity index (χ0n) is 15.9. The van der Waals surface area contributed by atoms with E-state index in [0.29, 0.717) is 23.4 Å². The van der Waals surface area contributed by atoms with E-state index in [9.17, 15) is 4.79 Å². The molecular formula is C20H24N6OS. The number of nitrogens with one attached hydrogen (secondary N) is 1. The van der Waals surface area contributed by atoms with Gasteiger partial charge in [-0.3, -0.25) is 9.89 Å². The third-order valence-corrected chi connectivity index (χ3v) is 5.88. The molecule has 0 radical (unpaired) electrons. The van der Waals surface area contributed by atoms with E-state index in [4.69, 9.17) is 0 Å². The molecule has 0 saturated heterocycles. The summed E-state index contributed by atoms with van der Waals surface area (Å²) in [5, 5.41) is 12.3. The van der Waals surface area contributed by atoms with Gasteiger partial charge < -0.3 is 4.90 Å². The van der Waals surface area contributed by atoms with Crippen molar-refractivity contribution >= 4 is 17.7 Å². The predicted molar refractivity (Wildman–Crippen MR) is 108 cm³/mol. The molecule has 2 aromatic heterocycles. The number of carbonyl (C=O) groups is 1. The second-order valence-electron chi connectivity index (χ2n) is 7.15. The lowest BCUT2D eigenvalue weighted by atomic mass is 10.1. The van der Waals surface area contributed by atoms with Crippen molar-refractivity contribution in [2.45, 2.75) is 43.3 Å². The van der Waals surface area contributed by atoms with Gasteiger partial charge in [0, 0.05) is 31.3 Å². The van der Waals surface area contributed by atoms with Gasteiger partial charge in [-0.1, -0.05) is 42.8 Å². The van der Waals surface area contributed by atoms with Crippen molar-refractivity contribution in [3.8, 4) is 5.69 Å². The maximum Gasteiger partial charge on any atom is 0.233 e. The number of aromatic amines is 1. The van der Waals surface area contributed by atoms with Crippen molar-refractivity contribution in [2.24, 2.45) is 0 Å². The average Bonchev–Trinajstić information content (AvgIpc) is 3.47. The number of hydrogen-bond acceptors (Lipinski definition) is 5. The van der Waals surface area contributed by atoms with E-state index < -0.39 is 0 Å². The predicted octanol–water partition coefficient (Wildman–Crippen LogP) is 3.40. The second-order valence-corrected chi connectivity index (χ2v) is 8.09. The fraction of sp³-hybridized carbons (Fsp3) is 0.400. The minimum atomic E-state index is 0.0460. The monoisotopic (exact) mass is 396 g/mol. The van der Waals surface area contributed by atoms with Gasteiger partial charge in [0.25, 0.3) is 0 Å². The van der Waals surface area contributed by atoms with Gasteiger partial charge in [-0.15, -0.1) is 5.10 Å². The molecule has 0 spiro atoms. The first-order valence-electron chi connectivity index (χ1n) is 9.57. The first-order valence-corrected chi connectivity index (χ1v) is 10.6. The third kappa shape index (κ3) is 4.44. The van der Waals surface area contributed by atoms with Crippen LogP contribution < -0.4 is 0 Å². The molecule has 1 N–H and O–H groups in total. The van der Waals surface area contributed by atoms with E-state index in [1.807, 2.05) is 48.3 Å². The van der Waals surface area contributed by atoms with E-state index in [1.165, 1.54) is 37.4 Å². The van der Waals surface area contributed by atoms with Crippen LogP contribution in [0.1, 0.15) is 43.0 Å². The SMILES string of the molecule is CN(Cc1cnn(-c2ccccc2)c1)C(=O)CSc1n[nH]c(C2CCCC2)n1. The Labute approximate surface area is 168 Å². The largest absolute Gasteiger partial charge is 0.341 e. The number of benzene rings is 1. The number of hydrogen-bond donors (Lipinski definition) is 1. The molecule has 7 nitrogen and oxygen atoms in total. The maximum atomic E-state index is 12.5. The highest BCUT2D eigenvalue weighted by molar-refractivity contribution is 7.99. The Morgan fingerprint density at radius 3 is 2.86 bits per heavy atom. The molecule has 1 aliphatic rings. The highest BCUT2D eigenvalue weighted by atomic mass is 32.2. The van der Waals surface area contributed by atoms with Crippen LogP contribution in [0.2, 0.25) is 0 Å². The molecule has 0 unspecified atom stereocenters. The standard InChI is InChI=1S/C20H24N6OS/c1-25(12-15-11-21-26(13-15)17-9-3-2-4-10-17)18(27)14-28-20-22-19(23-24-20)16-7-5-6-8-16/h2-4,9-11,13,16H,5-8,12,14H2,1H3,(H,22,23,24). The number of amides is 1. The summed E-state index contributed by atoms with van der Waals surface area (Å²) in [4.78, 5) is 18.7. The van der Waals surface area contributed by atoms with Gasteiger partial charge in [-0.25, -0.2) is 9.67 Å². The second kappa shape index (κ2) is 8.60. The van der Waals surface area contributed by atoms with Crippen molar-refractivity contribution in [2.75, 3.05) is 12.8 Å². The van der Waals surface area contributed by atoms with Gasteiger partial charge >= 0.3 is 0 Å². The molecule has 0 aliphatic heterocycles. The average molecular weight is 397 g/mol. The van der Waals surface area contributed by atoms with E-state index in [0.717, 1.165) is 17.1 Å². The van der Waals surface area contributed by atoms with Crippen LogP contribution in [0, 0.1) is 0 Å². The van der Waals surface area contributed by atoms with Crippen LogP contribution in [0.4, 0.5) is 0 Å². The molecule has 146 valence electrons. The summed E-state index contributed by atoms with van der Waals surface area (Å²) in [6, 6.07) is 9.93. The summed E-state index contributed by atoms with van der Waals surface area (Å²) in [6.45, 7) is 0.521. The van der Waals surface area contributed by atoms with Crippen molar-refractivity contribution in [1.29, 1.82) is 0 Å². The highest BCUT2D eigenvalue weighted by Gasteiger charge is 2.21. The number of rotatable bonds is 7. The molecular weight excluding hydrogens is 372 g/mol. The van der Waals surface area contributed by atoms with Gasteiger partial charge in [0.1, 0.15) is 5.82 Å². The lowest BCUT2D eigenvalue weighted by molar-refractivity contribution is -0.127. The topological polar surface area (TPSA) is 79.7 Å². The molecule has 0 atom stereocenters. The summed E-state index contributed by atoms with van der Waals surface area (Å²) >= 11 is 1.38. The van der Waals surface area contributed by atoms with Crippen molar-refractivity contribution < 1.29 is 4.79 Å². The Kier molecular flexibility index (Phi) is 5.76. The van der Waals surface area contributed by atoms with Gasteiger partial charge in [0.2, 0.25) is 11.1 Å². The van der Waals surface area contributed by atoms with Crippen molar-refractivity contribution in [3.05, 3.63) is 54.1 Å². The number of H-pyrrole nitrogens is 1.